The van der Waals surface area contributed by atoms with E-state index in [1.807, 2.05) is 35.2 Å². The molecule has 0 aliphatic carbocycles. The number of hydrogen-bond acceptors (Lipinski definition) is 6. The molecule has 0 atom stereocenters. The van der Waals surface area contributed by atoms with E-state index in [0.717, 1.165) is 5.69 Å². The molecule has 1 amide bonds. The van der Waals surface area contributed by atoms with Crippen LogP contribution in [0.15, 0.2) is 59.8 Å². The largest absolute Gasteiger partial charge is 0.345 e. The van der Waals surface area contributed by atoms with E-state index in [1.165, 1.54) is 10.5 Å². The van der Waals surface area contributed by atoms with Gasteiger partial charge in [-0.3, -0.25) is 9.69 Å². The molecule has 3 heterocycles. The van der Waals surface area contributed by atoms with Crippen molar-refractivity contribution in [1.29, 1.82) is 5.26 Å². The number of anilines is 1. The molecule has 1 fully saturated rings. The molecule has 32 heavy (non-hydrogen) atoms. The number of nitrogens with one attached hydrogen (secondary N) is 1. The maximum absolute atomic E-state index is 13.2. The standard InChI is InChI=1S/C22H24N6O3S/c23-9-5-11-28(18-6-2-1-3-7-18)21(29)17-26-12-14-27(15-13-26)32(30,31)20-16-25-22-19(20)8-4-10-24-22/h1-4,6-8,10,16H,5,11-15,17H2,(H,24,25). The number of benzene rings is 1. The minimum Gasteiger partial charge on any atom is -0.345 e. The van der Waals surface area contributed by atoms with Crippen LogP contribution in [0.1, 0.15) is 6.42 Å². The normalized spacial score (nSPS) is 15.5. The predicted molar refractivity (Wildman–Crippen MR) is 120 cm³/mol. The summed E-state index contributed by atoms with van der Waals surface area (Å²) >= 11 is 0. The highest BCUT2D eigenvalue weighted by Crippen LogP contribution is 2.25. The van der Waals surface area contributed by atoms with Gasteiger partial charge in [0.1, 0.15) is 10.5 Å². The Balaban J connectivity index is 1.41. The lowest BCUT2D eigenvalue weighted by Gasteiger charge is -2.34. The molecule has 0 saturated carbocycles. The Kier molecular flexibility index (Phi) is 6.50. The van der Waals surface area contributed by atoms with Gasteiger partial charge in [0.05, 0.1) is 19.0 Å². The van der Waals surface area contributed by atoms with Gasteiger partial charge in [-0.2, -0.15) is 9.57 Å². The highest BCUT2D eigenvalue weighted by atomic mass is 32.2. The van der Waals surface area contributed by atoms with Crippen molar-refractivity contribution in [2.45, 2.75) is 11.3 Å². The molecule has 1 N–H and O–H groups in total. The van der Waals surface area contributed by atoms with Crippen molar-refractivity contribution in [1.82, 2.24) is 19.2 Å². The van der Waals surface area contributed by atoms with Crippen LogP contribution in [-0.2, 0) is 14.8 Å². The van der Waals surface area contributed by atoms with Crippen LogP contribution in [0.3, 0.4) is 0 Å². The van der Waals surface area contributed by atoms with Crippen molar-refractivity contribution in [3.8, 4) is 6.07 Å². The molecule has 1 aliphatic rings. The first kappa shape index (κ1) is 22.0. The number of piperazine rings is 1. The quantitative estimate of drug-likeness (QED) is 0.585. The van der Waals surface area contributed by atoms with E-state index in [9.17, 15) is 13.2 Å². The van der Waals surface area contributed by atoms with Gasteiger partial charge in [0.25, 0.3) is 0 Å². The average Bonchev–Trinajstić information content (AvgIpc) is 3.25. The molecule has 0 bridgehead atoms. The molecule has 0 unspecified atom stereocenters. The van der Waals surface area contributed by atoms with Gasteiger partial charge in [-0.15, -0.1) is 0 Å². The molecule has 166 valence electrons. The maximum atomic E-state index is 13.2. The summed E-state index contributed by atoms with van der Waals surface area (Å²) in [6, 6.07) is 14.8. The summed E-state index contributed by atoms with van der Waals surface area (Å²) in [6.07, 6.45) is 3.34. The first-order chi connectivity index (χ1) is 15.5. The fourth-order valence-corrected chi connectivity index (χ4v) is 5.43. The zero-order chi connectivity index (χ0) is 22.6. The van der Waals surface area contributed by atoms with Crippen molar-refractivity contribution in [2.24, 2.45) is 0 Å². The number of aromatic amines is 1. The Bertz CT molecular complexity index is 1230. The molecular weight excluding hydrogens is 428 g/mol. The van der Waals surface area contributed by atoms with Crippen LogP contribution in [0.2, 0.25) is 0 Å². The van der Waals surface area contributed by atoms with Gasteiger partial charge in [-0.05, 0) is 24.3 Å². The Morgan fingerprint density at radius 2 is 1.88 bits per heavy atom. The van der Waals surface area contributed by atoms with Crippen molar-refractivity contribution in [3.63, 3.8) is 0 Å². The summed E-state index contributed by atoms with van der Waals surface area (Å²) in [5.74, 6) is -0.106. The minimum absolute atomic E-state index is 0.106. The monoisotopic (exact) mass is 452 g/mol. The molecule has 4 rings (SSSR count). The zero-order valence-electron chi connectivity index (χ0n) is 17.5. The van der Waals surface area contributed by atoms with Gasteiger partial charge >= 0.3 is 0 Å². The molecular formula is C22H24N6O3S. The number of aromatic nitrogens is 2. The SMILES string of the molecule is N#CCCN(C(=O)CN1CCN(S(=O)(=O)c2c[nH]c3ncccc23)CC1)c1ccccc1. The van der Waals surface area contributed by atoms with Crippen LogP contribution in [-0.4, -0.2) is 72.8 Å². The van der Waals surface area contributed by atoms with Gasteiger partial charge in [0.15, 0.2) is 0 Å². The van der Waals surface area contributed by atoms with E-state index < -0.39 is 10.0 Å². The lowest BCUT2D eigenvalue weighted by Crippen LogP contribution is -2.51. The van der Waals surface area contributed by atoms with E-state index in [2.05, 4.69) is 16.0 Å². The third-order valence-electron chi connectivity index (χ3n) is 5.54. The average molecular weight is 453 g/mol. The maximum Gasteiger partial charge on any atom is 0.245 e. The molecule has 3 aromatic rings. The van der Waals surface area contributed by atoms with Crippen LogP contribution < -0.4 is 4.90 Å². The van der Waals surface area contributed by atoms with Crippen molar-refractivity contribution in [2.75, 3.05) is 44.2 Å². The number of rotatable bonds is 7. The summed E-state index contributed by atoms with van der Waals surface area (Å²) in [5.41, 5.74) is 1.29. The number of carbonyl (C=O) groups excluding carboxylic acids is 1. The van der Waals surface area contributed by atoms with Crippen molar-refractivity contribution < 1.29 is 13.2 Å². The van der Waals surface area contributed by atoms with Gasteiger partial charge in [-0.25, -0.2) is 13.4 Å². The van der Waals surface area contributed by atoms with Gasteiger partial charge in [-0.1, -0.05) is 18.2 Å². The fraction of sp³-hybridized carbons (Fsp3) is 0.318. The van der Waals surface area contributed by atoms with E-state index in [1.54, 1.807) is 23.2 Å². The van der Waals surface area contributed by atoms with Crippen LogP contribution in [0.25, 0.3) is 11.0 Å². The van der Waals surface area contributed by atoms with Gasteiger partial charge in [0.2, 0.25) is 15.9 Å². The molecule has 1 aromatic carbocycles. The molecule has 2 aromatic heterocycles. The van der Waals surface area contributed by atoms with Crippen LogP contribution in [0.5, 0.6) is 0 Å². The summed E-state index contributed by atoms with van der Waals surface area (Å²) in [6.45, 7) is 1.99. The lowest BCUT2D eigenvalue weighted by molar-refractivity contribution is -0.120. The van der Waals surface area contributed by atoms with E-state index in [0.29, 0.717) is 43.8 Å². The topological polar surface area (TPSA) is 113 Å². The minimum atomic E-state index is -3.66. The Morgan fingerprint density at radius 3 is 2.59 bits per heavy atom. The van der Waals surface area contributed by atoms with E-state index in [-0.39, 0.29) is 23.8 Å². The highest BCUT2D eigenvalue weighted by Gasteiger charge is 2.31. The molecule has 1 aliphatic heterocycles. The first-order valence-corrected chi connectivity index (χ1v) is 11.8. The third-order valence-corrected chi connectivity index (χ3v) is 7.48. The number of nitrogens with zero attached hydrogens (tertiary/aromatic N) is 5. The Morgan fingerprint density at radius 1 is 1.12 bits per heavy atom. The fourth-order valence-electron chi connectivity index (χ4n) is 3.86. The third kappa shape index (κ3) is 4.50. The number of pyridine rings is 1. The zero-order valence-corrected chi connectivity index (χ0v) is 18.3. The molecule has 9 nitrogen and oxygen atoms in total. The number of carbonyl (C=O) groups is 1. The number of hydrogen-bond donors (Lipinski definition) is 1. The summed E-state index contributed by atoms with van der Waals surface area (Å²) < 4.78 is 27.8. The molecule has 0 radical (unpaired) electrons. The highest BCUT2D eigenvalue weighted by molar-refractivity contribution is 7.89. The van der Waals surface area contributed by atoms with Crippen molar-refractivity contribution >= 4 is 32.7 Å². The van der Waals surface area contributed by atoms with Crippen molar-refractivity contribution in [3.05, 3.63) is 54.9 Å². The molecule has 10 heteroatoms. The number of amides is 1. The summed E-state index contributed by atoms with van der Waals surface area (Å²) in [5, 5.41) is 9.52. The lowest BCUT2D eigenvalue weighted by atomic mass is 10.2. The van der Waals surface area contributed by atoms with Gasteiger partial charge < -0.3 is 9.88 Å². The molecule has 0 spiro atoms. The second kappa shape index (κ2) is 9.48. The van der Waals surface area contributed by atoms with E-state index >= 15 is 0 Å². The molecule has 1 saturated heterocycles. The first-order valence-electron chi connectivity index (χ1n) is 10.4. The van der Waals surface area contributed by atoms with Crippen LogP contribution in [0.4, 0.5) is 5.69 Å². The summed E-state index contributed by atoms with van der Waals surface area (Å²) in [4.78, 5) is 23.8. The van der Waals surface area contributed by atoms with Crippen LogP contribution in [0, 0.1) is 11.3 Å². The number of nitriles is 1. The van der Waals surface area contributed by atoms with Crippen LogP contribution >= 0.6 is 0 Å². The van der Waals surface area contributed by atoms with E-state index in [4.69, 9.17) is 5.26 Å². The second-order valence-corrected chi connectivity index (χ2v) is 9.43. The predicted octanol–water partition coefficient (Wildman–Crippen LogP) is 1.82. The Labute approximate surface area is 186 Å². The number of fused-ring (bicyclic) bond motifs is 1. The number of H-pyrrole nitrogens is 1. The second-order valence-electron chi connectivity index (χ2n) is 7.52. The Hall–Kier alpha value is -3.26. The smallest absolute Gasteiger partial charge is 0.245 e. The number of sulfonamides is 1. The van der Waals surface area contributed by atoms with Gasteiger partial charge in [0, 0.05) is 56.2 Å². The number of para-hydroxylation sites is 1. The summed E-state index contributed by atoms with van der Waals surface area (Å²) in [7, 11) is -3.66.